The fraction of sp³-hybridized carbons (Fsp3) is 0.250. The normalized spacial score (nSPS) is 11.9. The van der Waals surface area contributed by atoms with Crippen molar-refractivity contribution in [2.75, 3.05) is 27.3 Å². The smallest absolute Gasteiger partial charge is 0.247 e. The van der Waals surface area contributed by atoms with E-state index < -0.39 is 6.04 Å². The number of methoxy groups -OCH3 is 1. The number of ether oxygens (including phenoxy) is 1. The summed E-state index contributed by atoms with van der Waals surface area (Å²) in [5.41, 5.74) is 4.74. The lowest BCUT2D eigenvalue weighted by Gasteiger charge is -2.33. The zero-order valence-corrected chi connectivity index (χ0v) is 23.9. The number of aryl methyl sites for hydroxylation is 1. The van der Waals surface area contributed by atoms with Crippen LogP contribution in [0.2, 0.25) is 0 Å². The predicted molar refractivity (Wildman–Crippen MR) is 160 cm³/mol. The number of aromatic nitrogens is 2. The molecular formula is C32H34N4O3S. The molecule has 7 nitrogen and oxygen atoms in total. The summed E-state index contributed by atoms with van der Waals surface area (Å²) in [5, 5.41) is 2.84. The molecule has 0 unspecified atom stereocenters. The van der Waals surface area contributed by atoms with E-state index in [-0.39, 0.29) is 18.4 Å². The highest BCUT2D eigenvalue weighted by Gasteiger charge is 2.31. The fourth-order valence-corrected chi connectivity index (χ4v) is 4.94. The highest BCUT2D eigenvalue weighted by atomic mass is 32.1. The lowest BCUT2D eigenvalue weighted by Crippen LogP contribution is -2.51. The van der Waals surface area contributed by atoms with Crippen LogP contribution in [0.4, 0.5) is 0 Å². The lowest BCUT2D eigenvalue weighted by molar-refractivity contribution is -0.143. The minimum atomic E-state index is -0.710. The molecule has 4 aromatic rings. The third-order valence-corrected chi connectivity index (χ3v) is 7.37. The number of thiazole rings is 1. The highest BCUT2D eigenvalue weighted by molar-refractivity contribution is 7.09. The van der Waals surface area contributed by atoms with E-state index >= 15 is 0 Å². The van der Waals surface area contributed by atoms with Crippen molar-refractivity contribution in [1.82, 2.24) is 19.8 Å². The summed E-state index contributed by atoms with van der Waals surface area (Å²) in [5.74, 6) is -0.390. The van der Waals surface area contributed by atoms with Crippen LogP contribution in [0.5, 0.6) is 0 Å². The van der Waals surface area contributed by atoms with Gasteiger partial charge in [-0.2, -0.15) is 0 Å². The van der Waals surface area contributed by atoms with Crippen molar-refractivity contribution >= 4 is 29.2 Å². The summed E-state index contributed by atoms with van der Waals surface area (Å²) in [6.45, 7) is 3.04. The van der Waals surface area contributed by atoms with Gasteiger partial charge in [-0.15, -0.1) is 11.3 Å². The maximum absolute atomic E-state index is 13.8. The molecule has 2 aromatic carbocycles. The molecule has 0 radical (unpaired) electrons. The summed E-state index contributed by atoms with van der Waals surface area (Å²) in [4.78, 5) is 39.5. The molecule has 0 aliphatic carbocycles. The van der Waals surface area contributed by atoms with Crippen LogP contribution in [0.3, 0.4) is 0 Å². The maximum Gasteiger partial charge on any atom is 0.247 e. The van der Waals surface area contributed by atoms with E-state index in [0.29, 0.717) is 19.6 Å². The number of rotatable bonds is 12. The fourth-order valence-electron chi connectivity index (χ4n) is 4.36. The van der Waals surface area contributed by atoms with Crippen LogP contribution in [-0.2, 0) is 27.3 Å². The van der Waals surface area contributed by atoms with E-state index in [9.17, 15) is 9.59 Å². The summed E-state index contributed by atoms with van der Waals surface area (Å²) in [7, 11) is 3.36. The Labute approximate surface area is 239 Å². The first kappa shape index (κ1) is 28.9. The average Bonchev–Trinajstić information content (AvgIpc) is 3.42. The Bertz CT molecular complexity index is 1410. The number of benzene rings is 2. The third kappa shape index (κ3) is 7.94. The Morgan fingerprint density at radius 1 is 0.975 bits per heavy atom. The lowest BCUT2D eigenvalue weighted by atomic mass is 10.0. The summed E-state index contributed by atoms with van der Waals surface area (Å²) in [6.07, 6.45) is 7.14. The third-order valence-electron chi connectivity index (χ3n) is 6.58. The van der Waals surface area contributed by atoms with Gasteiger partial charge in [-0.1, -0.05) is 54.6 Å². The van der Waals surface area contributed by atoms with Crippen molar-refractivity contribution in [3.05, 3.63) is 112 Å². The van der Waals surface area contributed by atoms with E-state index in [2.05, 4.69) is 9.97 Å². The highest BCUT2D eigenvalue weighted by Crippen LogP contribution is 2.22. The number of likely N-dealkylation sites (N-methyl/N-ethyl adjacent to an activating group) is 1. The van der Waals surface area contributed by atoms with Gasteiger partial charge in [0.15, 0.2) is 0 Å². The topological polar surface area (TPSA) is 75.6 Å². The van der Waals surface area contributed by atoms with Gasteiger partial charge in [-0.05, 0) is 47.4 Å². The average molecular weight is 555 g/mol. The Balaban J connectivity index is 1.67. The van der Waals surface area contributed by atoms with Gasteiger partial charge in [0.25, 0.3) is 0 Å². The first-order valence-electron chi connectivity index (χ1n) is 13.1. The molecule has 0 bridgehead atoms. The van der Waals surface area contributed by atoms with E-state index in [1.165, 1.54) is 17.4 Å². The van der Waals surface area contributed by atoms with Gasteiger partial charge in [0.1, 0.15) is 6.04 Å². The zero-order chi connectivity index (χ0) is 28.3. The van der Waals surface area contributed by atoms with Crippen LogP contribution in [0.15, 0.2) is 90.6 Å². The second-order valence-electron chi connectivity index (χ2n) is 9.48. The number of carbonyl (C=O) groups excluding carboxylic acids is 2. The minimum absolute atomic E-state index is 0.138. The van der Waals surface area contributed by atoms with Crippen LogP contribution in [0.25, 0.3) is 17.2 Å². The van der Waals surface area contributed by atoms with E-state index in [0.717, 1.165) is 33.0 Å². The van der Waals surface area contributed by atoms with Gasteiger partial charge in [-0.25, -0.2) is 4.98 Å². The van der Waals surface area contributed by atoms with E-state index in [1.807, 2.05) is 79.0 Å². The molecule has 0 aliphatic rings. The molecule has 0 saturated carbocycles. The van der Waals surface area contributed by atoms with Gasteiger partial charge >= 0.3 is 0 Å². The number of carbonyl (C=O) groups is 2. The molecule has 8 heteroatoms. The predicted octanol–water partition coefficient (Wildman–Crippen LogP) is 5.27. The Morgan fingerprint density at radius 3 is 2.33 bits per heavy atom. The van der Waals surface area contributed by atoms with Crippen molar-refractivity contribution < 1.29 is 14.3 Å². The monoisotopic (exact) mass is 554 g/mol. The van der Waals surface area contributed by atoms with Crippen LogP contribution < -0.4 is 0 Å². The quantitative estimate of drug-likeness (QED) is 0.223. The molecule has 0 aliphatic heterocycles. The number of nitrogens with zero attached hydrogens (tertiary/aromatic N) is 4. The molecule has 4 rings (SSSR count). The second-order valence-corrected chi connectivity index (χ2v) is 10.5. The summed E-state index contributed by atoms with van der Waals surface area (Å²) in [6, 6.07) is 21.1. The van der Waals surface area contributed by atoms with Crippen molar-refractivity contribution in [2.45, 2.75) is 25.9 Å². The van der Waals surface area contributed by atoms with Crippen molar-refractivity contribution in [3.63, 3.8) is 0 Å². The molecule has 2 amide bonds. The van der Waals surface area contributed by atoms with Crippen LogP contribution in [0.1, 0.15) is 21.8 Å². The zero-order valence-electron chi connectivity index (χ0n) is 23.1. The first-order valence-corrected chi connectivity index (χ1v) is 14.0. The van der Waals surface area contributed by atoms with Crippen molar-refractivity contribution in [1.29, 1.82) is 0 Å². The largest absolute Gasteiger partial charge is 0.383 e. The SMILES string of the molecule is COCCN(C)C(=O)[C@H](Cc1ccccc1)N(Cc1ccc(-c2ccncc2)cc1)C(=O)C=Cc1csc(C)n1. The van der Waals surface area contributed by atoms with Gasteiger partial charge in [-0.3, -0.25) is 14.6 Å². The molecule has 0 spiro atoms. The molecule has 2 heterocycles. The van der Waals surface area contributed by atoms with E-state index in [1.54, 1.807) is 42.4 Å². The van der Waals surface area contributed by atoms with Gasteiger partial charge < -0.3 is 14.5 Å². The molecule has 0 N–H and O–H groups in total. The number of pyridine rings is 1. The molecular weight excluding hydrogens is 520 g/mol. The maximum atomic E-state index is 13.8. The Morgan fingerprint density at radius 2 is 1.68 bits per heavy atom. The van der Waals surface area contributed by atoms with Gasteiger partial charge in [0.05, 0.1) is 17.3 Å². The standard InChI is InChI=1S/C32H34N4O3S/c1-24-34-29(23-40-24)13-14-31(37)36(22-26-9-11-27(12-10-26)28-15-17-33-18-16-28)30(21-25-7-5-4-6-8-25)32(38)35(2)19-20-39-3/h4-18,23,30H,19-22H2,1-3H3/t30-/m0/s1. The molecule has 1 atom stereocenters. The number of amides is 2. The van der Waals surface area contributed by atoms with Gasteiger partial charge in [0, 0.05) is 57.5 Å². The summed E-state index contributed by atoms with van der Waals surface area (Å²) < 4.78 is 5.21. The molecule has 206 valence electrons. The molecule has 40 heavy (non-hydrogen) atoms. The minimum Gasteiger partial charge on any atom is -0.383 e. The van der Waals surface area contributed by atoms with E-state index in [4.69, 9.17) is 4.74 Å². The molecule has 0 saturated heterocycles. The molecule has 2 aromatic heterocycles. The summed E-state index contributed by atoms with van der Waals surface area (Å²) >= 11 is 1.53. The van der Waals surface area contributed by atoms with Crippen LogP contribution in [-0.4, -0.2) is 64.9 Å². The van der Waals surface area contributed by atoms with Crippen molar-refractivity contribution in [3.8, 4) is 11.1 Å². The van der Waals surface area contributed by atoms with Crippen molar-refractivity contribution in [2.24, 2.45) is 0 Å². The molecule has 0 fully saturated rings. The van der Waals surface area contributed by atoms with Gasteiger partial charge in [0.2, 0.25) is 11.8 Å². The number of hydrogen-bond acceptors (Lipinski definition) is 6. The Hall–Kier alpha value is -4.14. The number of hydrogen-bond donors (Lipinski definition) is 0. The Kier molecular flexibility index (Phi) is 10.3. The second kappa shape index (κ2) is 14.3. The van der Waals surface area contributed by atoms with Crippen LogP contribution >= 0.6 is 11.3 Å². The van der Waals surface area contributed by atoms with Crippen LogP contribution in [0, 0.1) is 6.92 Å². The first-order chi connectivity index (χ1) is 19.4.